The summed E-state index contributed by atoms with van der Waals surface area (Å²) in [5, 5.41) is 6.87. The number of nitrogens with one attached hydrogen (secondary N) is 1. The summed E-state index contributed by atoms with van der Waals surface area (Å²) in [4.78, 5) is 2.44. The molecular weight excluding hydrogens is 260 g/mol. The highest BCUT2D eigenvalue weighted by Gasteiger charge is 2.29. The smallest absolute Gasteiger partial charge is 0.0930 e. The molecule has 0 aliphatic carbocycles. The fourth-order valence-corrected chi connectivity index (χ4v) is 2.62. The highest BCUT2D eigenvalue weighted by Crippen LogP contribution is 2.30. The Morgan fingerprint density at radius 2 is 1.84 bits per heavy atom. The first-order valence-corrected chi connectivity index (χ1v) is 7.07. The summed E-state index contributed by atoms with van der Waals surface area (Å²) >= 11 is 6.04. The Balaban J connectivity index is 2.17. The van der Waals surface area contributed by atoms with Crippen LogP contribution in [0.2, 0.25) is 0 Å². The Morgan fingerprint density at radius 3 is 2.37 bits per heavy atom. The van der Waals surface area contributed by atoms with Crippen LogP contribution in [-0.2, 0) is 10.3 Å². The molecule has 4 heteroatoms. The number of hydrogen-bond donors (Lipinski definition) is 1. The van der Waals surface area contributed by atoms with Gasteiger partial charge >= 0.3 is 0 Å². The van der Waals surface area contributed by atoms with Gasteiger partial charge in [-0.2, -0.15) is 0 Å². The first-order chi connectivity index (χ1) is 9.05. The Bertz CT molecular complexity index is 424. The molecule has 19 heavy (non-hydrogen) atoms. The van der Waals surface area contributed by atoms with Crippen LogP contribution in [0.1, 0.15) is 30.4 Å². The van der Waals surface area contributed by atoms with Crippen LogP contribution < -0.4 is 0 Å². The van der Waals surface area contributed by atoms with Crippen LogP contribution in [-0.4, -0.2) is 37.4 Å². The molecule has 1 aliphatic heterocycles. The Kier molecular flexibility index (Phi) is 4.61. The van der Waals surface area contributed by atoms with E-state index < -0.39 is 0 Å². The van der Waals surface area contributed by atoms with Gasteiger partial charge in [-0.15, -0.1) is 11.6 Å². The van der Waals surface area contributed by atoms with Crippen molar-refractivity contribution in [3.8, 4) is 0 Å². The van der Waals surface area contributed by atoms with Crippen molar-refractivity contribution in [3.63, 3.8) is 0 Å². The van der Waals surface area contributed by atoms with E-state index in [4.69, 9.17) is 21.7 Å². The van der Waals surface area contributed by atoms with E-state index in [1.54, 1.807) is 0 Å². The maximum absolute atomic E-state index is 7.20. The molecule has 1 aromatic carbocycles. The van der Waals surface area contributed by atoms with E-state index in [9.17, 15) is 0 Å². The first kappa shape index (κ1) is 14.5. The second-order valence-corrected chi connectivity index (χ2v) is 5.82. The van der Waals surface area contributed by atoms with Crippen molar-refractivity contribution in [3.05, 3.63) is 35.4 Å². The topological polar surface area (TPSA) is 36.3 Å². The maximum atomic E-state index is 7.20. The predicted molar refractivity (Wildman–Crippen MR) is 79.2 cm³/mol. The molecule has 104 valence electrons. The van der Waals surface area contributed by atoms with Crippen molar-refractivity contribution in [2.24, 2.45) is 0 Å². The minimum Gasteiger partial charge on any atom is -0.379 e. The van der Waals surface area contributed by atoms with Crippen molar-refractivity contribution in [1.82, 2.24) is 4.90 Å². The lowest BCUT2D eigenvalue weighted by Crippen LogP contribution is -2.47. The summed E-state index contributed by atoms with van der Waals surface area (Å²) in [7, 11) is 0. The van der Waals surface area contributed by atoms with Crippen molar-refractivity contribution >= 4 is 17.8 Å². The zero-order valence-electron chi connectivity index (χ0n) is 11.5. The van der Waals surface area contributed by atoms with E-state index in [0.717, 1.165) is 31.9 Å². The molecule has 1 aliphatic rings. The second-order valence-electron chi connectivity index (χ2n) is 5.35. The van der Waals surface area contributed by atoms with Gasteiger partial charge in [-0.05, 0) is 25.0 Å². The molecule has 1 unspecified atom stereocenters. The fourth-order valence-electron chi connectivity index (χ4n) is 2.48. The van der Waals surface area contributed by atoms with Crippen LogP contribution in [0.4, 0.5) is 0 Å². The van der Waals surface area contributed by atoms with E-state index in [2.05, 4.69) is 30.9 Å². The molecule has 1 atom stereocenters. The number of hydrogen-bond acceptors (Lipinski definition) is 3. The summed E-state index contributed by atoms with van der Waals surface area (Å²) < 4.78 is 5.41. The monoisotopic (exact) mass is 280 g/mol. The largest absolute Gasteiger partial charge is 0.379 e. The number of morpholine rings is 1. The lowest BCUT2D eigenvalue weighted by molar-refractivity contribution is -0.0118. The van der Waals surface area contributed by atoms with E-state index in [-0.39, 0.29) is 10.9 Å². The minimum atomic E-state index is -0.333. The SMILES string of the molecule is CC(C)(c1ccc(C(Cl)C=N)cc1)N1CCOCC1. The van der Waals surface area contributed by atoms with Gasteiger partial charge in [-0.3, -0.25) is 4.90 Å². The van der Waals surface area contributed by atoms with Gasteiger partial charge in [0.2, 0.25) is 0 Å². The molecular formula is C15H21ClN2O. The standard InChI is InChI=1S/C15H21ClN2O/c1-15(2,18-7-9-19-10-8-18)13-5-3-12(4-6-13)14(16)11-17/h3-6,11,14,17H,7-10H2,1-2H3. The van der Waals surface area contributed by atoms with Crippen LogP contribution in [0, 0.1) is 5.41 Å². The Hall–Kier alpha value is -0.900. The van der Waals surface area contributed by atoms with Crippen molar-refractivity contribution in [2.45, 2.75) is 24.8 Å². The van der Waals surface area contributed by atoms with Gasteiger partial charge in [0.1, 0.15) is 0 Å². The normalized spacial score (nSPS) is 19.1. The summed E-state index contributed by atoms with van der Waals surface area (Å²) in [5.41, 5.74) is 2.24. The fraction of sp³-hybridized carbons (Fsp3) is 0.533. The molecule has 3 nitrogen and oxygen atoms in total. The highest BCUT2D eigenvalue weighted by atomic mass is 35.5. The lowest BCUT2D eigenvalue weighted by atomic mass is 9.91. The summed E-state index contributed by atoms with van der Waals surface area (Å²) in [6.07, 6.45) is 1.25. The van der Waals surface area contributed by atoms with Gasteiger partial charge in [0.15, 0.2) is 0 Å². The van der Waals surface area contributed by atoms with Crippen molar-refractivity contribution in [1.29, 1.82) is 5.41 Å². The second kappa shape index (κ2) is 6.04. The number of benzene rings is 1. The molecule has 0 saturated carbocycles. The van der Waals surface area contributed by atoms with Crippen LogP contribution in [0.25, 0.3) is 0 Å². The molecule has 2 rings (SSSR count). The third kappa shape index (κ3) is 3.16. The average molecular weight is 281 g/mol. The van der Waals surface area contributed by atoms with Gasteiger partial charge < -0.3 is 10.1 Å². The van der Waals surface area contributed by atoms with E-state index >= 15 is 0 Å². The van der Waals surface area contributed by atoms with E-state index in [0.29, 0.717) is 0 Å². The summed E-state index contributed by atoms with van der Waals surface area (Å²) in [5.74, 6) is 0. The first-order valence-electron chi connectivity index (χ1n) is 6.63. The van der Waals surface area contributed by atoms with Crippen LogP contribution in [0.3, 0.4) is 0 Å². The Morgan fingerprint density at radius 1 is 1.26 bits per heavy atom. The van der Waals surface area contributed by atoms with Gasteiger partial charge in [0.25, 0.3) is 0 Å². The molecule has 1 heterocycles. The van der Waals surface area contributed by atoms with Gasteiger partial charge in [-0.1, -0.05) is 24.3 Å². The third-order valence-corrected chi connectivity index (χ3v) is 4.26. The molecule has 1 aromatic rings. The number of rotatable bonds is 4. The Labute approximate surface area is 120 Å². The number of nitrogens with zero attached hydrogens (tertiary/aromatic N) is 1. The number of alkyl halides is 1. The number of halogens is 1. The predicted octanol–water partition coefficient (Wildman–Crippen LogP) is 3.18. The van der Waals surface area contributed by atoms with Crippen LogP contribution >= 0.6 is 11.6 Å². The zero-order chi connectivity index (χ0) is 13.9. The highest BCUT2D eigenvalue weighted by molar-refractivity contribution is 6.27. The van der Waals surface area contributed by atoms with Gasteiger partial charge in [-0.25, -0.2) is 0 Å². The molecule has 0 bridgehead atoms. The van der Waals surface area contributed by atoms with E-state index in [1.807, 2.05) is 12.1 Å². The van der Waals surface area contributed by atoms with Gasteiger partial charge in [0, 0.05) is 24.8 Å². The quantitative estimate of drug-likeness (QED) is 0.679. The zero-order valence-corrected chi connectivity index (χ0v) is 12.3. The maximum Gasteiger partial charge on any atom is 0.0930 e. The van der Waals surface area contributed by atoms with Gasteiger partial charge in [0.05, 0.1) is 18.6 Å². The average Bonchev–Trinajstić information content (AvgIpc) is 2.47. The molecule has 0 spiro atoms. The molecule has 1 fully saturated rings. The van der Waals surface area contributed by atoms with Crippen LogP contribution in [0.15, 0.2) is 24.3 Å². The number of ether oxygens (including phenoxy) is 1. The van der Waals surface area contributed by atoms with Crippen LogP contribution in [0.5, 0.6) is 0 Å². The third-order valence-electron chi connectivity index (χ3n) is 3.88. The molecule has 1 saturated heterocycles. The summed E-state index contributed by atoms with van der Waals surface area (Å²) in [6.45, 7) is 8.02. The summed E-state index contributed by atoms with van der Waals surface area (Å²) in [6, 6.07) is 8.26. The molecule has 0 amide bonds. The molecule has 0 aromatic heterocycles. The van der Waals surface area contributed by atoms with Crippen molar-refractivity contribution < 1.29 is 4.74 Å². The van der Waals surface area contributed by atoms with E-state index in [1.165, 1.54) is 11.8 Å². The minimum absolute atomic E-state index is 0.00516. The van der Waals surface area contributed by atoms with Crippen molar-refractivity contribution in [2.75, 3.05) is 26.3 Å². The molecule has 0 radical (unpaired) electrons. The molecule has 1 N–H and O–H groups in total. The lowest BCUT2D eigenvalue weighted by Gasteiger charge is -2.41.